The topological polar surface area (TPSA) is 71.2 Å². The van der Waals surface area contributed by atoms with Crippen molar-refractivity contribution in [2.24, 2.45) is 0 Å². The zero-order chi connectivity index (χ0) is 17.1. The van der Waals surface area contributed by atoms with Gasteiger partial charge < -0.3 is 15.0 Å². The molecule has 23 heavy (non-hydrogen) atoms. The summed E-state index contributed by atoms with van der Waals surface area (Å²) in [5, 5.41) is 3.18. The second kappa shape index (κ2) is 6.87. The molecule has 1 aromatic heterocycles. The highest BCUT2D eigenvalue weighted by Gasteiger charge is 2.23. The maximum Gasteiger partial charge on any atom is 0.340 e. The van der Waals surface area contributed by atoms with Gasteiger partial charge in [0.15, 0.2) is 0 Å². The molecule has 0 saturated heterocycles. The van der Waals surface area contributed by atoms with Gasteiger partial charge in [-0.2, -0.15) is 0 Å². The van der Waals surface area contributed by atoms with Gasteiger partial charge in [-0.1, -0.05) is 23.7 Å². The van der Waals surface area contributed by atoms with Crippen molar-refractivity contribution >= 4 is 29.2 Å². The Morgan fingerprint density at radius 2 is 1.87 bits per heavy atom. The third-order valence-electron chi connectivity index (χ3n) is 3.33. The normalized spacial score (nSPS) is 10.7. The number of amides is 1. The summed E-state index contributed by atoms with van der Waals surface area (Å²) in [6.07, 6.45) is -0.225. The molecule has 0 saturated carbocycles. The van der Waals surface area contributed by atoms with Crippen LogP contribution in [0.15, 0.2) is 24.3 Å². The van der Waals surface area contributed by atoms with Crippen LogP contribution in [0, 0.1) is 13.8 Å². The molecule has 2 N–H and O–H groups in total. The summed E-state index contributed by atoms with van der Waals surface area (Å²) in [5.41, 5.74) is 2.37. The van der Waals surface area contributed by atoms with Crippen LogP contribution >= 0.6 is 11.6 Å². The number of carbonyl (C=O) groups excluding carboxylic acids is 2. The van der Waals surface area contributed by atoms with Crippen molar-refractivity contribution in [3.8, 4) is 0 Å². The maximum atomic E-state index is 12.4. The Hall–Kier alpha value is -2.27. The van der Waals surface area contributed by atoms with Crippen LogP contribution in [0.5, 0.6) is 0 Å². The molecule has 2 rings (SSSR count). The first-order chi connectivity index (χ1) is 10.8. The van der Waals surface area contributed by atoms with Crippen molar-refractivity contribution in [3.63, 3.8) is 0 Å². The lowest BCUT2D eigenvalue weighted by Gasteiger charge is -2.08. The highest BCUT2D eigenvalue weighted by atomic mass is 35.5. The number of aromatic nitrogens is 1. The summed E-state index contributed by atoms with van der Waals surface area (Å²) < 4.78 is 5.22. The predicted molar refractivity (Wildman–Crippen MR) is 90.2 cm³/mol. The van der Waals surface area contributed by atoms with Crippen molar-refractivity contribution < 1.29 is 14.3 Å². The molecular weight excluding hydrogens is 316 g/mol. The minimum atomic E-state index is -0.442. The maximum absolute atomic E-state index is 12.4. The predicted octanol–water partition coefficient (Wildman–Crippen LogP) is 4.10. The first-order valence-corrected chi connectivity index (χ1v) is 7.65. The molecule has 1 amide bonds. The number of carbonyl (C=O) groups is 2. The molecule has 5 nitrogen and oxygen atoms in total. The van der Waals surface area contributed by atoms with Crippen LogP contribution in [0.3, 0.4) is 0 Å². The van der Waals surface area contributed by atoms with Crippen molar-refractivity contribution in [1.82, 2.24) is 4.98 Å². The number of aromatic amines is 1. The van der Waals surface area contributed by atoms with Crippen LogP contribution in [-0.2, 0) is 4.74 Å². The third kappa shape index (κ3) is 3.74. The number of ether oxygens (including phenoxy) is 1. The molecule has 0 atom stereocenters. The van der Waals surface area contributed by atoms with Crippen molar-refractivity contribution in [2.45, 2.75) is 33.8 Å². The Morgan fingerprint density at radius 3 is 2.48 bits per heavy atom. The molecule has 0 spiro atoms. The molecule has 1 aromatic carbocycles. The van der Waals surface area contributed by atoms with Crippen LogP contribution in [-0.4, -0.2) is 23.0 Å². The molecular formula is C17H19ClN2O3. The second-order valence-corrected chi connectivity index (χ2v) is 5.92. The van der Waals surface area contributed by atoms with Crippen LogP contribution in [0.4, 0.5) is 5.69 Å². The van der Waals surface area contributed by atoms with E-state index in [1.807, 2.05) is 0 Å². The average Bonchev–Trinajstić information content (AvgIpc) is 2.75. The number of H-pyrrole nitrogens is 1. The van der Waals surface area contributed by atoms with E-state index in [2.05, 4.69) is 10.3 Å². The van der Waals surface area contributed by atoms with Gasteiger partial charge in [0.25, 0.3) is 5.91 Å². The van der Waals surface area contributed by atoms with Gasteiger partial charge in [-0.25, -0.2) is 4.79 Å². The number of hydrogen-bond acceptors (Lipinski definition) is 3. The van der Waals surface area contributed by atoms with Gasteiger partial charge in [-0.3, -0.25) is 4.79 Å². The Balaban J connectivity index is 2.29. The minimum Gasteiger partial charge on any atom is -0.459 e. The number of aryl methyl sites for hydroxylation is 1. The number of benzene rings is 1. The Morgan fingerprint density at radius 1 is 1.22 bits per heavy atom. The number of esters is 1. The summed E-state index contributed by atoms with van der Waals surface area (Å²) >= 11 is 6.04. The van der Waals surface area contributed by atoms with Crippen LogP contribution in [0.25, 0.3) is 0 Å². The molecule has 0 aliphatic carbocycles. The van der Waals surface area contributed by atoms with E-state index in [1.54, 1.807) is 52.0 Å². The third-order valence-corrected chi connectivity index (χ3v) is 3.66. The lowest BCUT2D eigenvalue weighted by atomic mass is 10.1. The van der Waals surface area contributed by atoms with E-state index < -0.39 is 5.97 Å². The first kappa shape index (κ1) is 17.1. The Kier molecular flexibility index (Phi) is 5.11. The zero-order valence-electron chi connectivity index (χ0n) is 13.5. The van der Waals surface area contributed by atoms with E-state index in [4.69, 9.17) is 16.3 Å². The number of halogens is 1. The highest BCUT2D eigenvalue weighted by molar-refractivity contribution is 6.33. The number of anilines is 1. The largest absolute Gasteiger partial charge is 0.459 e. The molecule has 0 unspecified atom stereocenters. The molecule has 0 bridgehead atoms. The van der Waals surface area contributed by atoms with Gasteiger partial charge in [0.05, 0.1) is 22.4 Å². The first-order valence-electron chi connectivity index (χ1n) is 7.27. The molecule has 0 aliphatic heterocycles. The van der Waals surface area contributed by atoms with E-state index >= 15 is 0 Å². The Labute approximate surface area is 140 Å². The second-order valence-electron chi connectivity index (χ2n) is 5.51. The van der Waals surface area contributed by atoms with Gasteiger partial charge in [-0.05, 0) is 45.4 Å². The summed E-state index contributed by atoms with van der Waals surface area (Å²) in [6.45, 7) is 7.00. The number of nitrogens with one attached hydrogen (secondary N) is 2. The molecule has 6 heteroatoms. The van der Waals surface area contributed by atoms with Gasteiger partial charge in [-0.15, -0.1) is 0 Å². The lowest BCUT2D eigenvalue weighted by molar-refractivity contribution is 0.0376. The standard InChI is InChI=1S/C17H19ClN2O3/c1-9(2)23-17(22)14-10(3)15(19-11(14)4)16(21)20-13-8-6-5-7-12(13)18/h5-9,19H,1-4H3,(H,20,21). The highest BCUT2D eigenvalue weighted by Crippen LogP contribution is 2.24. The lowest BCUT2D eigenvalue weighted by Crippen LogP contribution is -2.15. The molecule has 122 valence electrons. The fraction of sp³-hybridized carbons (Fsp3) is 0.294. The average molecular weight is 335 g/mol. The molecule has 1 heterocycles. The van der Waals surface area contributed by atoms with E-state index in [9.17, 15) is 9.59 Å². The number of rotatable bonds is 4. The molecule has 0 aliphatic rings. The molecule has 0 radical (unpaired) electrons. The SMILES string of the molecule is Cc1[nH]c(C(=O)Nc2ccccc2Cl)c(C)c1C(=O)OC(C)C. The summed E-state index contributed by atoms with van der Waals surface area (Å²) in [7, 11) is 0. The van der Waals surface area contributed by atoms with Crippen molar-refractivity contribution in [2.75, 3.05) is 5.32 Å². The summed E-state index contributed by atoms with van der Waals surface area (Å²) in [4.78, 5) is 27.5. The monoisotopic (exact) mass is 334 g/mol. The molecule has 0 fully saturated rings. The van der Waals surface area contributed by atoms with Crippen LogP contribution in [0.1, 0.15) is 46.0 Å². The van der Waals surface area contributed by atoms with Crippen LogP contribution in [0.2, 0.25) is 5.02 Å². The smallest absolute Gasteiger partial charge is 0.340 e. The van der Waals surface area contributed by atoms with Gasteiger partial charge in [0.2, 0.25) is 0 Å². The van der Waals surface area contributed by atoms with E-state index in [0.717, 1.165) is 0 Å². The van der Waals surface area contributed by atoms with Gasteiger partial charge >= 0.3 is 5.97 Å². The minimum absolute atomic E-state index is 0.225. The molecule has 2 aromatic rings. The fourth-order valence-electron chi connectivity index (χ4n) is 2.30. The van der Waals surface area contributed by atoms with E-state index in [0.29, 0.717) is 33.2 Å². The Bertz CT molecular complexity index is 750. The number of para-hydroxylation sites is 1. The quantitative estimate of drug-likeness (QED) is 0.827. The van der Waals surface area contributed by atoms with Crippen molar-refractivity contribution in [1.29, 1.82) is 0 Å². The fourth-order valence-corrected chi connectivity index (χ4v) is 2.49. The van der Waals surface area contributed by atoms with Gasteiger partial charge in [0, 0.05) is 5.69 Å². The van der Waals surface area contributed by atoms with E-state index in [1.165, 1.54) is 0 Å². The van der Waals surface area contributed by atoms with Gasteiger partial charge in [0.1, 0.15) is 5.69 Å². The summed E-state index contributed by atoms with van der Waals surface area (Å²) in [5.74, 6) is -0.801. The summed E-state index contributed by atoms with van der Waals surface area (Å²) in [6, 6.07) is 6.95. The van der Waals surface area contributed by atoms with E-state index in [-0.39, 0.29) is 12.0 Å². The zero-order valence-corrected chi connectivity index (χ0v) is 14.2. The van der Waals surface area contributed by atoms with Crippen LogP contribution < -0.4 is 5.32 Å². The van der Waals surface area contributed by atoms with Crippen molar-refractivity contribution in [3.05, 3.63) is 51.8 Å². The number of hydrogen-bond donors (Lipinski definition) is 2.